The summed E-state index contributed by atoms with van der Waals surface area (Å²) in [5.74, 6) is 1.37. The Kier molecular flexibility index (Phi) is 8.08. The van der Waals surface area contributed by atoms with Gasteiger partial charge in [-0.15, -0.1) is 17.9 Å². The number of nitrogens with zero attached hydrogens (tertiary/aromatic N) is 4. The van der Waals surface area contributed by atoms with Crippen LogP contribution in [-0.2, 0) is 11.2 Å². The number of thiazole rings is 1. The lowest BCUT2D eigenvalue weighted by molar-refractivity contribution is -0.118. The van der Waals surface area contributed by atoms with Crippen LogP contribution < -0.4 is 4.90 Å². The molecule has 6 nitrogen and oxygen atoms in total. The largest absolute Gasteiger partial charge is 0.339 e. The average molecular weight is 531 g/mol. The quantitative estimate of drug-likeness (QED) is 0.166. The van der Waals surface area contributed by atoms with Crippen molar-refractivity contribution in [3.05, 3.63) is 84.8 Å². The van der Waals surface area contributed by atoms with E-state index in [9.17, 15) is 9.18 Å². The van der Waals surface area contributed by atoms with Gasteiger partial charge in [-0.05, 0) is 67.0 Å². The van der Waals surface area contributed by atoms with Gasteiger partial charge in [-0.3, -0.25) is 4.79 Å². The number of benzene rings is 2. The maximum Gasteiger partial charge on any atom is 0.227 e. The predicted molar refractivity (Wildman–Crippen MR) is 150 cm³/mol. The van der Waals surface area contributed by atoms with E-state index in [-0.39, 0.29) is 24.7 Å². The molecular formula is C30H31FN4O2S. The van der Waals surface area contributed by atoms with E-state index >= 15 is 0 Å². The molecular weight excluding hydrogens is 499 g/mol. The van der Waals surface area contributed by atoms with Crippen LogP contribution in [-0.4, -0.2) is 27.6 Å². The number of carbonyl (C=O) groups excluding carboxylic acids is 1. The summed E-state index contributed by atoms with van der Waals surface area (Å²) < 4.78 is 19.9. The van der Waals surface area contributed by atoms with E-state index in [0.29, 0.717) is 24.8 Å². The highest BCUT2D eigenvalue weighted by atomic mass is 32.1. The molecule has 4 aromatic rings. The van der Waals surface area contributed by atoms with Crippen LogP contribution in [0.5, 0.6) is 0 Å². The van der Waals surface area contributed by atoms with Gasteiger partial charge in [-0.1, -0.05) is 36.0 Å². The Morgan fingerprint density at radius 1 is 1.21 bits per heavy atom. The van der Waals surface area contributed by atoms with E-state index in [2.05, 4.69) is 34.3 Å². The second-order valence-electron chi connectivity index (χ2n) is 9.82. The number of carbonyl (C=O) groups is 1. The molecule has 0 radical (unpaired) electrons. The molecule has 1 unspecified atom stereocenters. The van der Waals surface area contributed by atoms with Crippen LogP contribution >= 0.6 is 11.3 Å². The Labute approximate surface area is 225 Å². The zero-order valence-corrected chi connectivity index (χ0v) is 22.1. The summed E-state index contributed by atoms with van der Waals surface area (Å²) in [6, 6.07) is 14.1. The first-order valence-corrected chi connectivity index (χ1v) is 13.9. The average Bonchev–Trinajstić information content (AvgIpc) is 3.48. The monoisotopic (exact) mass is 530 g/mol. The summed E-state index contributed by atoms with van der Waals surface area (Å²) in [4.78, 5) is 23.9. The number of anilines is 1. The molecule has 0 aliphatic heterocycles. The van der Waals surface area contributed by atoms with Crippen molar-refractivity contribution in [1.82, 2.24) is 15.1 Å². The standard InChI is InChI=1S/C30H31FN4O2S/c1-3-21(6-4-9-28-33-30(34-37-28)22-11-12-22)18-35(29(36)15-10-20(2)31)25-8-5-7-23(16-25)24-13-14-26-27(17-24)38-19-32-26/h3,5,7-8,13-14,16-17,19,21-22H,1-2,4,6,9-12,15,18H2. The minimum atomic E-state index is -0.490. The topological polar surface area (TPSA) is 72.1 Å². The van der Waals surface area contributed by atoms with Gasteiger partial charge in [0.25, 0.3) is 0 Å². The molecule has 1 saturated carbocycles. The minimum absolute atomic E-state index is 0.0102. The van der Waals surface area contributed by atoms with E-state index in [0.717, 1.165) is 58.5 Å². The number of hydrogen-bond acceptors (Lipinski definition) is 6. The Balaban J connectivity index is 1.31. The summed E-state index contributed by atoms with van der Waals surface area (Å²) in [6.45, 7) is 7.80. The fourth-order valence-corrected chi connectivity index (χ4v) is 5.24. The molecule has 1 amide bonds. The molecule has 1 aliphatic carbocycles. The second kappa shape index (κ2) is 11.8. The van der Waals surface area contributed by atoms with Gasteiger partial charge in [0.2, 0.25) is 11.8 Å². The van der Waals surface area contributed by atoms with E-state index in [1.54, 1.807) is 16.2 Å². The van der Waals surface area contributed by atoms with Gasteiger partial charge in [0.1, 0.15) is 0 Å². The highest BCUT2D eigenvalue weighted by molar-refractivity contribution is 7.16. The number of hydrogen-bond donors (Lipinski definition) is 0. The van der Waals surface area contributed by atoms with E-state index in [1.165, 1.54) is 0 Å². The maximum atomic E-state index is 13.4. The molecule has 5 rings (SSSR count). The fraction of sp³-hybridized carbons (Fsp3) is 0.333. The first-order valence-electron chi connectivity index (χ1n) is 13.0. The summed E-state index contributed by atoms with van der Waals surface area (Å²) in [6.07, 6.45) is 6.57. The van der Waals surface area contributed by atoms with Gasteiger partial charge in [-0.25, -0.2) is 9.37 Å². The first kappa shape index (κ1) is 26.0. The predicted octanol–water partition coefficient (Wildman–Crippen LogP) is 7.65. The van der Waals surface area contributed by atoms with Crippen LogP contribution in [0.3, 0.4) is 0 Å². The minimum Gasteiger partial charge on any atom is -0.339 e. The van der Waals surface area contributed by atoms with E-state index in [4.69, 9.17) is 4.52 Å². The van der Waals surface area contributed by atoms with Crippen molar-refractivity contribution in [3.8, 4) is 11.1 Å². The summed E-state index contributed by atoms with van der Waals surface area (Å²) in [5, 5.41) is 4.09. The van der Waals surface area contributed by atoms with Crippen molar-refractivity contribution in [2.45, 2.75) is 50.9 Å². The summed E-state index contributed by atoms with van der Waals surface area (Å²) in [7, 11) is 0. The molecule has 0 saturated heterocycles. The molecule has 0 bridgehead atoms. The maximum absolute atomic E-state index is 13.4. The van der Waals surface area contributed by atoms with Crippen LogP contribution in [0.1, 0.15) is 56.2 Å². The third-order valence-electron chi connectivity index (χ3n) is 6.88. The lowest BCUT2D eigenvalue weighted by Gasteiger charge is -2.27. The zero-order valence-electron chi connectivity index (χ0n) is 21.3. The molecule has 196 valence electrons. The van der Waals surface area contributed by atoms with Crippen molar-refractivity contribution in [1.29, 1.82) is 0 Å². The van der Waals surface area contributed by atoms with Crippen LogP contribution in [0.4, 0.5) is 10.1 Å². The first-order chi connectivity index (χ1) is 18.5. The second-order valence-corrected chi connectivity index (χ2v) is 10.7. The number of rotatable bonds is 13. The smallest absolute Gasteiger partial charge is 0.227 e. The molecule has 1 atom stereocenters. The van der Waals surface area contributed by atoms with Gasteiger partial charge in [0.15, 0.2) is 5.82 Å². The fourth-order valence-electron chi connectivity index (χ4n) is 4.53. The van der Waals surface area contributed by atoms with E-state index < -0.39 is 5.83 Å². The number of allylic oxidation sites excluding steroid dienone is 1. The molecule has 8 heteroatoms. The van der Waals surface area contributed by atoms with Crippen molar-refractivity contribution < 1.29 is 13.7 Å². The highest BCUT2D eigenvalue weighted by Gasteiger charge is 2.28. The lowest BCUT2D eigenvalue weighted by Crippen LogP contribution is -2.35. The van der Waals surface area contributed by atoms with Crippen LogP contribution in [0, 0.1) is 5.92 Å². The number of fused-ring (bicyclic) bond motifs is 1. The molecule has 0 N–H and O–H groups in total. The van der Waals surface area contributed by atoms with Gasteiger partial charge in [-0.2, -0.15) is 4.98 Å². The molecule has 1 fully saturated rings. The van der Waals surface area contributed by atoms with Gasteiger partial charge < -0.3 is 9.42 Å². The highest BCUT2D eigenvalue weighted by Crippen LogP contribution is 2.38. The normalized spacial score (nSPS) is 13.9. The number of halogens is 1. The molecule has 2 aromatic heterocycles. The van der Waals surface area contributed by atoms with Gasteiger partial charge >= 0.3 is 0 Å². The molecule has 38 heavy (non-hydrogen) atoms. The van der Waals surface area contributed by atoms with Gasteiger partial charge in [0, 0.05) is 37.4 Å². The lowest BCUT2D eigenvalue weighted by atomic mass is 9.99. The van der Waals surface area contributed by atoms with Gasteiger partial charge in [0.05, 0.1) is 21.6 Å². The van der Waals surface area contributed by atoms with E-state index in [1.807, 2.05) is 48.0 Å². The van der Waals surface area contributed by atoms with Crippen molar-refractivity contribution >= 4 is 33.1 Å². The van der Waals surface area contributed by atoms with Crippen molar-refractivity contribution in [3.63, 3.8) is 0 Å². The number of aryl methyl sites for hydroxylation is 1. The SMILES string of the molecule is C=CC(CCCc1nc(C2CC2)no1)CN(C(=O)CCC(=C)F)c1cccc(-c2ccc3ncsc3c2)c1. The third kappa shape index (κ3) is 6.42. The number of aromatic nitrogens is 3. The Hall–Kier alpha value is -3.65. The Morgan fingerprint density at radius 3 is 2.84 bits per heavy atom. The molecule has 2 aromatic carbocycles. The van der Waals surface area contributed by atoms with Crippen molar-refractivity contribution in [2.24, 2.45) is 5.92 Å². The zero-order chi connectivity index (χ0) is 26.5. The Bertz CT molecular complexity index is 1440. The van der Waals surface area contributed by atoms with Crippen LogP contribution in [0.15, 0.2) is 77.6 Å². The van der Waals surface area contributed by atoms with Crippen LogP contribution in [0.2, 0.25) is 0 Å². The Morgan fingerprint density at radius 2 is 2.05 bits per heavy atom. The molecule has 2 heterocycles. The third-order valence-corrected chi connectivity index (χ3v) is 7.67. The van der Waals surface area contributed by atoms with Crippen molar-refractivity contribution in [2.75, 3.05) is 11.4 Å². The summed E-state index contributed by atoms with van der Waals surface area (Å²) in [5.41, 5.74) is 5.64. The molecule has 1 aliphatic rings. The molecule has 0 spiro atoms. The van der Waals surface area contributed by atoms with Crippen LogP contribution in [0.25, 0.3) is 21.3 Å². The summed E-state index contributed by atoms with van der Waals surface area (Å²) >= 11 is 1.60. The number of amides is 1.